The Bertz CT molecular complexity index is 946. The molecule has 0 unspecified atom stereocenters. The van der Waals surface area contributed by atoms with E-state index >= 15 is 0 Å². The van der Waals surface area contributed by atoms with Gasteiger partial charge in [0.1, 0.15) is 12.3 Å². The summed E-state index contributed by atoms with van der Waals surface area (Å²) in [6.45, 7) is -0.0321. The molecule has 6 heteroatoms. The van der Waals surface area contributed by atoms with E-state index in [9.17, 15) is 9.59 Å². The highest BCUT2D eigenvalue weighted by atomic mass is 16.5. The van der Waals surface area contributed by atoms with Crippen molar-refractivity contribution in [2.45, 2.75) is 38.1 Å². The number of nitrogens with zero attached hydrogens (tertiary/aromatic N) is 1. The molecule has 2 amide bonds. The minimum atomic E-state index is -0.330. The molecule has 6 nitrogen and oxygen atoms in total. The summed E-state index contributed by atoms with van der Waals surface area (Å²) in [7, 11) is 1.61. The number of ether oxygens (including phenoxy) is 2. The molecule has 0 spiro atoms. The first-order valence-corrected chi connectivity index (χ1v) is 10.4. The minimum absolute atomic E-state index is 0.0321. The summed E-state index contributed by atoms with van der Waals surface area (Å²) in [4.78, 5) is 27.4. The lowest BCUT2D eigenvalue weighted by atomic mass is 9.95. The quantitative estimate of drug-likeness (QED) is 0.765. The Kier molecular flexibility index (Phi) is 6.02. The van der Waals surface area contributed by atoms with Crippen LogP contribution in [0.4, 0.5) is 5.69 Å². The highest BCUT2D eigenvalue weighted by Crippen LogP contribution is 2.35. The van der Waals surface area contributed by atoms with Gasteiger partial charge in [0.2, 0.25) is 5.91 Å². The van der Waals surface area contributed by atoms with Crippen molar-refractivity contribution in [1.29, 1.82) is 0 Å². The highest BCUT2D eigenvalue weighted by molar-refractivity contribution is 6.12. The maximum Gasteiger partial charge on any atom is 0.294 e. The van der Waals surface area contributed by atoms with Crippen molar-refractivity contribution in [3.05, 3.63) is 59.9 Å². The van der Waals surface area contributed by atoms with E-state index in [0.29, 0.717) is 11.4 Å². The maximum absolute atomic E-state index is 13.2. The van der Waals surface area contributed by atoms with E-state index in [1.807, 2.05) is 36.4 Å². The number of carbonyl (C=O) groups excluding carboxylic acids is 2. The number of hydrogen-bond donors (Lipinski definition) is 1. The molecule has 1 fully saturated rings. The van der Waals surface area contributed by atoms with Gasteiger partial charge in [0, 0.05) is 6.04 Å². The first-order chi connectivity index (χ1) is 14.6. The standard InChI is InChI=1S/C24H26N2O4/c1-29-19-13-11-17(12-14-19)15-22-24(28)26(20-9-5-6-10-21(20)30-22)16-23(27)25-18-7-3-2-4-8-18/h5-6,9-15,18H,2-4,7-8,16H2,1H3,(H,25,27)/b22-15-. The van der Waals surface area contributed by atoms with Gasteiger partial charge in [0.25, 0.3) is 5.91 Å². The van der Waals surface area contributed by atoms with E-state index in [-0.39, 0.29) is 30.2 Å². The van der Waals surface area contributed by atoms with Crippen LogP contribution in [-0.2, 0) is 9.59 Å². The predicted octanol–water partition coefficient (Wildman–Crippen LogP) is 3.91. The van der Waals surface area contributed by atoms with Crippen molar-refractivity contribution >= 4 is 23.6 Å². The SMILES string of the molecule is COc1ccc(/C=C2\Oc3ccccc3N(CC(=O)NC3CCCCC3)C2=O)cc1. The molecule has 0 atom stereocenters. The van der Waals surface area contributed by atoms with Gasteiger partial charge in [-0.05, 0) is 48.7 Å². The Hall–Kier alpha value is -3.28. The molecule has 1 heterocycles. The van der Waals surface area contributed by atoms with Crippen LogP contribution in [0.1, 0.15) is 37.7 Å². The van der Waals surface area contributed by atoms with Crippen LogP contribution in [0.3, 0.4) is 0 Å². The van der Waals surface area contributed by atoms with Crippen molar-refractivity contribution in [3.63, 3.8) is 0 Å². The molecule has 1 aliphatic carbocycles. The number of benzene rings is 2. The second kappa shape index (κ2) is 9.03. The largest absolute Gasteiger partial charge is 0.497 e. The second-order valence-electron chi connectivity index (χ2n) is 7.65. The number of methoxy groups -OCH3 is 1. The Morgan fingerprint density at radius 3 is 2.60 bits per heavy atom. The summed E-state index contributed by atoms with van der Waals surface area (Å²) >= 11 is 0. The summed E-state index contributed by atoms with van der Waals surface area (Å²) < 4.78 is 11.1. The minimum Gasteiger partial charge on any atom is -0.497 e. The average Bonchev–Trinajstić information content (AvgIpc) is 2.78. The number of rotatable bonds is 5. The van der Waals surface area contributed by atoms with Crippen molar-refractivity contribution < 1.29 is 19.1 Å². The number of carbonyl (C=O) groups is 2. The molecule has 156 valence electrons. The zero-order valence-electron chi connectivity index (χ0n) is 17.1. The van der Waals surface area contributed by atoms with E-state index in [1.165, 1.54) is 11.3 Å². The van der Waals surface area contributed by atoms with Gasteiger partial charge in [-0.1, -0.05) is 43.5 Å². The van der Waals surface area contributed by atoms with Crippen LogP contribution in [0.5, 0.6) is 11.5 Å². The normalized spacial score (nSPS) is 18.0. The van der Waals surface area contributed by atoms with E-state index < -0.39 is 0 Å². The molecule has 4 rings (SSSR count). The summed E-state index contributed by atoms with van der Waals surface area (Å²) in [5.41, 5.74) is 1.42. The first-order valence-electron chi connectivity index (χ1n) is 10.4. The molecular weight excluding hydrogens is 380 g/mol. The highest BCUT2D eigenvalue weighted by Gasteiger charge is 2.32. The third-order valence-electron chi connectivity index (χ3n) is 5.52. The van der Waals surface area contributed by atoms with Gasteiger partial charge in [-0.2, -0.15) is 0 Å². The number of fused-ring (bicyclic) bond motifs is 1. The van der Waals surface area contributed by atoms with Crippen LogP contribution in [0, 0.1) is 0 Å². The average molecular weight is 406 g/mol. The number of nitrogens with one attached hydrogen (secondary N) is 1. The van der Waals surface area contributed by atoms with Crippen molar-refractivity contribution in [2.24, 2.45) is 0 Å². The molecular formula is C24H26N2O4. The van der Waals surface area contributed by atoms with Crippen molar-refractivity contribution in [3.8, 4) is 11.5 Å². The fraction of sp³-hybridized carbons (Fsp3) is 0.333. The smallest absolute Gasteiger partial charge is 0.294 e. The summed E-state index contributed by atoms with van der Waals surface area (Å²) in [6.07, 6.45) is 7.19. The molecule has 2 aromatic carbocycles. The van der Waals surface area contributed by atoms with E-state index in [0.717, 1.165) is 37.0 Å². The lowest BCUT2D eigenvalue weighted by Crippen LogP contribution is -2.47. The monoisotopic (exact) mass is 406 g/mol. The van der Waals surface area contributed by atoms with Gasteiger partial charge >= 0.3 is 0 Å². The van der Waals surface area contributed by atoms with Gasteiger partial charge in [0.15, 0.2) is 11.5 Å². The Labute approximate surface area is 176 Å². The van der Waals surface area contributed by atoms with Crippen molar-refractivity contribution in [2.75, 3.05) is 18.6 Å². The van der Waals surface area contributed by atoms with Gasteiger partial charge < -0.3 is 14.8 Å². The van der Waals surface area contributed by atoms with E-state index in [2.05, 4.69) is 5.32 Å². The molecule has 1 aliphatic heterocycles. The number of amides is 2. The molecule has 0 radical (unpaired) electrons. The zero-order chi connectivity index (χ0) is 20.9. The lowest BCUT2D eigenvalue weighted by molar-refractivity contribution is -0.124. The van der Waals surface area contributed by atoms with E-state index in [1.54, 1.807) is 25.3 Å². The predicted molar refractivity (Wildman–Crippen MR) is 115 cm³/mol. The molecule has 0 saturated heterocycles. The van der Waals surface area contributed by atoms with Crippen LogP contribution >= 0.6 is 0 Å². The van der Waals surface area contributed by atoms with Crippen LogP contribution < -0.4 is 19.7 Å². The Morgan fingerprint density at radius 2 is 1.87 bits per heavy atom. The molecule has 0 bridgehead atoms. The summed E-state index contributed by atoms with van der Waals surface area (Å²) in [5.74, 6) is 1.00. The molecule has 1 saturated carbocycles. The van der Waals surface area contributed by atoms with Gasteiger partial charge in [-0.25, -0.2) is 0 Å². The second-order valence-corrected chi connectivity index (χ2v) is 7.65. The molecule has 30 heavy (non-hydrogen) atoms. The van der Waals surface area contributed by atoms with E-state index in [4.69, 9.17) is 9.47 Å². The fourth-order valence-corrected chi connectivity index (χ4v) is 3.93. The third kappa shape index (κ3) is 4.48. The van der Waals surface area contributed by atoms with Gasteiger partial charge in [-0.15, -0.1) is 0 Å². The third-order valence-corrected chi connectivity index (χ3v) is 5.52. The lowest BCUT2D eigenvalue weighted by Gasteiger charge is -2.31. The summed E-state index contributed by atoms with van der Waals surface area (Å²) in [5, 5.41) is 3.09. The number of anilines is 1. The Balaban J connectivity index is 1.56. The number of para-hydroxylation sites is 2. The van der Waals surface area contributed by atoms with Gasteiger partial charge in [0.05, 0.1) is 12.8 Å². The van der Waals surface area contributed by atoms with Crippen LogP contribution in [-0.4, -0.2) is 31.5 Å². The summed E-state index contributed by atoms with van der Waals surface area (Å²) in [6, 6.07) is 14.8. The van der Waals surface area contributed by atoms with Crippen LogP contribution in [0.25, 0.3) is 6.08 Å². The molecule has 0 aromatic heterocycles. The van der Waals surface area contributed by atoms with Gasteiger partial charge in [-0.3, -0.25) is 14.5 Å². The molecule has 2 aromatic rings. The Morgan fingerprint density at radius 1 is 1.13 bits per heavy atom. The maximum atomic E-state index is 13.2. The van der Waals surface area contributed by atoms with Crippen LogP contribution in [0.15, 0.2) is 54.3 Å². The number of hydrogen-bond acceptors (Lipinski definition) is 4. The topological polar surface area (TPSA) is 67.9 Å². The van der Waals surface area contributed by atoms with Crippen molar-refractivity contribution in [1.82, 2.24) is 5.32 Å². The zero-order valence-corrected chi connectivity index (χ0v) is 17.1. The molecule has 2 aliphatic rings. The fourth-order valence-electron chi connectivity index (χ4n) is 3.93. The van der Waals surface area contributed by atoms with Crippen LogP contribution in [0.2, 0.25) is 0 Å². The first kappa shape index (κ1) is 20.0. The molecule has 1 N–H and O–H groups in total.